The molecule has 0 N–H and O–H groups in total. The molecule has 320 valence electrons. The highest BCUT2D eigenvalue weighted by molar-refractivity contribution is 5.62. The smallest absolute Gasteiger partial charge is 0.222 e. The predicted molar refractivity (Wildman–Crippen MR) is 257 cm³/mol. The number of aryl methyl sites for hydroxylation is 2. The number of nitrogens with zero attached hydrogens (tertiary/aromatic N) is 4. The van der Waals surface area contributed by atoms with Crippen LogP contribution in [0.4, 0.5) is 0 Å². The van der Waals surface area contributed by atoms with Crippen LogP contribution in [0.15, 0.2) is 122 Å². The normalized spacial score (nSPS) is 11.6. The number of benzene rings is 2. The minimum atomic E-state index is 0.0152. The second kappa shape index (κ2) is 21.4. The Balaban J connectivity index is 0.000000217. The van der Waals surface area contributed by atoms with Gasteiger partial charge in [-0.25, -0.2) is 4.98 Å². The molecule has 0 fully saturated rings. The van der Waals surface area contributed by atoms with E-state index in [1.807, 2.05) is 48.8 Å². The van der Waals surface area contributed by atoms with Gasteiger partial charge in [0, 0.05) is 63.3 Å². The lowest BCUT2D eigenvalue weighted by atomic mass is 9.88. The van der Waals surface area contributed by atoms with Crippen LogP contribution in [0.2, 0.25) is 0 Å². The fourth-order valence-corrected chi connectivity index (χ4v) is 5.91. The minimum absolute atomic E-state index is 0.0152. The first-order valence-corrected chi connectivity index (χ1v) is 21.6. The molecule has 0 atom stereocenters. The SMILES string of the molecule is CC(C)(C)c1ccc(-c2ccccc2)cn1.CC(C)c1ccc(C(C)(C)C)cn1.CCc1cccc(C(C)(C)C)n1.Cc1cccc(Oc2ncccc2C(C)(C)C)c1C. The Morgan fingerprint density at radius 2 is 1.18 bits per heavy atom. The molecule has 5 heteroatoms. The molecule has 0 spiro atoms. The molecule has 0 saturated carbocycles. The fraction of sp³-hybridized carbons (Fsp3) is 0.418. The summed E-state index contributed by atoms with van der Waals surface area (Å²) < 4.78 is 6.04. The Kier molecular flexibility index (Phi) is 17.5. The third-order valence-electron chi connectivity index (χ3n) is 10.2. The Bertz CT molecular complexity index is 2180. The van der Waals surface area contributed by atoms with E-state index in [0.717, 1.165) is 29.0 Å². The number of hydrogen-bond acceptors (Lipinski definition) is 5. The first-order valence-electron chi connectivity index (χ1n) is 21.6. The van der Waals surface area contributed by atoms with Gasteiger partial charge in [0.25, 0.3) is 0 Å². The van der Waals surface area contributed by atoms with E-state index in [2.05, 4.69) is 204 Å². The van der Waals surface area contributed by atoms with Crippen molar-refractivity contribution in [2.45, 2.75) is 152 Å². The summed E-state index contributed by atoms with van der Waals surface area (Å²) in [5, 5.41) is 0. The third-order valence-corrected chi connectivity index (χ3v) is 10.2. The molecule has 60 heavy (non-hydrogen) atoms. The molecule has 0 amide bonds. The summed E-state index contributed by atoms with van der Waals surface area (Å²) in [6.45, 7) is 36.9. The van der Waals surface area contributed by atoms with Crippen molar-refractivity contribution in [3.05, 3.63) is 167 Å². The van der Waals surface area contributed by atoms with Crippen LogP contribution >= 0.6 is 0 Å². The van der Waals surface area contributed by atoms with Gasteiger partial charge in [0.05, 0.1) is 0 Å². The Hall–Kier alpha value is -5.16. The van der Waals surface area contributed by atoms with E-state index in [-0.39, 0.29) is 21.7 Å². The lowest BCUT2D eigenvalue weighted by Crippen LogP contribution is -2.13. The van der Waals surface area contributed by atoms with Gasteiger partial charge in [-0.1, -0.05) is 171 Å². The molecule has 6 aromatic rings. The zero-order valence-corrected chi connectivity index (χ0v) is 40.0. The number of hydrogen-bond donors (Lipinski definition) is 0. The van der Waals surface area contributed by atoms with Gasteiger partial charge in [-0.15, -0.1) is 0 Å². The van der Waals surface area contributed by atoms with Crippen LogP contribution in [0.5, 0.6) is 11.6 Å². The molecule has 0 radical (unpaired) electrons. The van der Waals surface area contributed by atoms with Crippen LogP contribution in [0, 0.1) is 13.8 Å². The second-order valence-electron chi connectivity index (χ2n) is 19.9. The highest BCUT2D eigenvalue weighted by Crippen LogP contribution is 2.34. The van der Waals surface area contributed by atoms with Gasteiger partial charge in [-0.3, -0.25) is 15.0 Å². The number of rotatable bonds is 5. The summed E-state index contributed by atoms with van der Waals surface area (Å²) >= 11 is 0. The molecule has 2 aromatic carbocycles. The van der Waals surface area contributed by atoms with Gasteiger partial charge in [0.2, 0.25) is 5.88 Å². The first kappa shape index (κ1) is 49.2. The largest absolute Gasteiger partial charge is 0.438 e. The molecule has 4 aromatic heterocycles. The monoisotopic (exact) mass is 807 g/mol. The topological polar surface area (TPSA) is 60.8 Å². The molecule has 5 nitrogen and oxygen atoms in total. The maximum absolute atomic E-state index is 6.04. The van der Waals surface area contributed by atoms with Crippen molar-refractivity contribution >= 4 is 0 Å². The molecule has 0 unspecified atom stereocenters. The van der Waals surface area contributed by atoms with E-state index in [1.165, 1.54) is 39.3 Å². The van der Waals surface area contributed by atoms with Crippen molar-refractivity contribution < 1.29 is 4.74 Å². The predicted octanol–water partition coefficient (Wildman–Crippen LogP) is 15.3. The molecule has 0 aliphatic heterocycles. The van der Waals surface area contributed by atoms with Gasteiger partial charge in [-0.2, -0.15) is 0 Å². The van der Waals surface area contributed by atoms with Crippen LogP contribution in [-0.2, 0) is 28.1 Å². The molecule has 0 aliphatic rings. The van der Waals surface area contributed by atoms with Crippen LogP contribution in [0.25, 0.3) is 11.1 Å². The van der Waals surface area contributed by atoms with Crippen LogP contribution in [-0.4, -0.2) is 19.9 Å². The van der Waals surface area contributed by atoms with Gasteiger partial charge in [-0.05, 0) is 95.7 Å². The van der Waals surface area contributed by atoms with Gasteiger partial charge >= 0.3 is 0 Å². The van der Waals surface area contributed by atoms with Crippen molar-refractivity contribution in [2.24, 2.45) is 0 Å². The molecule has 4 heterocycles. The van der Waals surface area contributed by atoms with Crippen molar-refractivity contribution in [3.8, 4) is 22.8 Å². The van der Waals surface area contributed by atoms with Gasteiger partial charge in [0.15, 0.2) is 0 Å². The molecule has 0 saturated heterocycles. The Morgan fingerprint density at radius 3 is 1.70 bits per heavy atom. The van der Waals surface area contributed by atoms with Crippen LogP contribution in [0.1, 0.15) is 155 Å². The number of pyridine rings is 4. The number of aromatic nitrogens is 4. The van der Waals surface area contributed by atoms with Crippen molar-refractivity contribution in [1.82, 2.24) is 19.9 Å². The average Bonchev–Trinajstić information content (AvgIpc) is 3.20. The van der Waals surface area contributed by atoms with Crippen LogP contribution in [0.3, 0.4) is 0 Å². The lowest BCUT2D eigenvalue weighted by Gasteiger charge is -2.22. The zero-order valence-electron chi connectivity index (χ0n) is 40.0. The van der Waals surface area contributed by atoms with E-state index in [4.69, 9.17) is 4.74 Å². The summed E-state index contributed by atoms with van der Waals surface area (Å²) in [5.41, 5.74) is 12.4. The average molecular weight is 807 g/mol. The van der Waals surface area contributed by atoms with Gasteiger partial charge < -0.3 is 4.74 Å². The Morgan fingerprint density at radius 1 is 0.533 bits per heavy atom. The fourth-order valence-electron chi connectivity index (χ4n) is 5.91. The number of ether oxygens (including phenoxy) is 1. The standard InChI is InChI=1S/C17H21NO.C15H17N.C12H19N.C11H17N/c1-12-8-6-10-15(13(12)2)19-16-14(17(3,4)5)9-7-11-18-16;1-15(2,3)14-10-9-13(11-16-14)12-7-5-4-6-8-12;1-9(2)11-7-6-10(8-13-11)12(3,4)5;1-5-9-7-6-8-10(12-9)11(2,3)4/h6-11H,1-5H3;4-11H,1-3H3;6-9H,1-5H3;6-8H,5H2,1-4H3. The molecule has 6 rings (SSSR count). The van der Waals surface area contributed by atoms with E-state index in [1.54, 1.807) is 6.20 Å². The van der Waals surface area contributed by atoms with E-state index < -0.39 is 0 Å². The van der Waals surface area contributed by atoms with Gasteiger partial charge in [0.1, 0.15) is 5.75 Å². The van der Waals surface area contributed by atoms with E-state index >= 15 is 0 Å². The van der Waals surface area contributed by atoms with E-state index in [9.17, 15) is 0 Å². The summed E-state index contributed by atoms with van der Waals surface area (Å²) in [6, 6.07) is 35.3. The van der Waals surface area contributed by atoms with Crippen molar-refractivity contribution in [3.63, 3.8) is 0 Å². The van der Waals surface area contributed by atoms with Crippen molar-refractivity contribution in [2.75, 3.05) is 0 Å². The lowest BCUT2D eigenvalue weighted by molar-refractivity contribution is 0.433. The highest BCUT2D eigenvalue weighted by Gasteiger charge is 2.21. The molecule has 0 aliphatic carbocycles. The van der Waals surface area contributed by atoms with Crippen LogP contribution < -0.4 is 4.74 Å². The summed E-state index contributed by atoms with van der Waals surface area (Å²) in [7, 11) is 0. The minimum Gasteiger partial charge on any atom is -0.438 e. The summed E-state index contributed by atoms with van der Waals surface area (Å²) in [5.74, 6) is 2.10. The highest BCUT2D eigenvalue weighted by atomic mass is 16.5. The quantitative estimate of drug-likeness (QED) is 0.174. The Labute approximate surface area is 364 Å². The summed E-state index contributed by atoms with van der Waals surface area (Å²) in [4.78, 5) is 17.9. The third kappa shape index (κ3) is 15.5. The maximum atomic E-state index is 6.04. The summed E-state index contributed by atoms with van der Waals surface area (Å²) in [6.07, 6.45) is 6.74. The maximum Gasteiger partial charge on any atom is 0.222 e. The molecular formula is C55H74N4O. The van der Waals surface area contributed by atoms with E-state index in [0.29, 0.717) is 11.8 Å². The zero-order chi connectivity index (χ0) is 44.9. The first-order chi connectivity index (χ1) is 27.9. The molecule has 0 bridgehead atoms. The second-order valence-corrected chi connectivity index (χ2v) is 19.9. The van der Waals surface area contributed by atoms with Crippen molar-refractivity contribution in [1.29, 1.82) is 0 Å². The molecular weight excluding hydrogens is 733 g/mol.